The first-order valence-corrected chi connectivity index (χ1v) is 5.77. The Hall–Kier alpha value is -1.83. The lowest BCUT2D eigenvalue weighted by Crippen LogP contribution is -2.43. The maximum Gasteiger partial charge on any atom is 0.265 e. The van der Waals surface area contributed by atoms with Crippen LogP contribution in [-0.2, 0) is 4.79 Å². The van der Waals surface area contributed by atoms with E-state index in [9.17, 15) is 9.59 Å². The molecule has 0 aliphatic heterocycles. The Labute approximate surface area is 103 Å². The lowest BCUT2D eigenvalue weighted by atomic mass is 10.3. The number of amides is 2. The highest BCUT2D eigenvalue weighted by molar-refractivity contribution is 7.18. The number of nitrogens with two attached hydrogens (primary N) is 1. The van der Waals surface area contributed by atoms with Gasteiger partial charge in [-0.2, -0.15) is 0 Å². The van der Waals surface area contributed by atoms with Gasteiger partial charge in [0, 0.05) is 14.1 Å². The third kappa shape index (κ3) is 3.06. The number of nitrogens with one attached hydrogen (secondary N) is 3. The summed E-state index contributed by atoms with van der Waals surface area (Å²) in [5.41, 5.74) is 5.60. The average molecular weight is 257 g/mol. The summed E-state index contributed by atoms with van der Waals surface area (Å²) in [7, 11) is 3.19. The van der Waals surface area contributed by atoms with E-state index >= 15 is 0 Å². The van der Waals surface area contributed by atoms with E-state index in [4.69, 9.17) is 5.73 Å². The molecule has 1 rings (SSSR count). The maximum absolute atomic E-state index is 11.8. The van der Waals surface area contributed by atoms with Crippen LogP contribution in [-0.4, -0.2) is 36.9 Å². The van der Waals surface area contributed by atoms with Crippen molar-refractivity contribution in [2.24, 2.45) is 0 Å². The Bertz CT molecular complexity index is 431. The molecule has 1 atom stereocenters. The topological polar surface area (TPSA) is 109 Å². The van der Waals surface area contributed by atoms with Crippen molar-refractivity contribution in [2.45, 2.75) is 13.0 Å². The SMILES string of the molecule is CNC(=O)C(C)NC(=O)c1sc(NC)nc1N. The van der Waals surface area contributed by atoms with Crippen LogP contribution in [0.5, 0.6) is 0 Å². The first-order chi connectivity index (χ1) is 7.99. The molecular weight excluding hydrogens is 242 g/mol. The molecule has 1 heterocycles. The first kappa shape index (κ1) is 13.2. The zero-order chi connectivity index (χ0) is 13.0. The molecule has 1 unspecified atom stereocenters. The summed E-state index contributed by atoms with van der Waals surface area (Å²) in [4.78, 5) is 27.3. The molecule has 2 amide bonds. The predicted molar refractivity (Wildman–Crippen MR) is 67.1 cm³/mol. The van der Waals surface area contributed by atoms with Crippen molar-refractivity contribution in [3.8, 4) is 0 Å². The zero-order valence-corrected chi connectivity index (χ0v) is 10.6. The third-order valence-electron chi connectivity index (χ3n) is 2.06. The Morgan fingerprint density at radius 1 is 1.41 bits per heavy atom. The lowest BCUT2D eigenvalue weighted by molar-refractivity contribution is -0.122. The van der Waals surface area contributed by atoms with Gasteiger partial charge in [0.25, 0.3) is 5.91 Å². The van der Waals surface area contributed by atoms with Crippen LogP contribution in [0.25, 0.3) is 0 Å². The largest absolute Gasteiger partial charge is 0.382 e. The van der Waals surface area contributed by atoms with Gasteiger partial charge in [-0.15, -0.1) is 0 Å². The number of carbonyl (C=O) groups excluding carboxylic acids is 2. The number of aromatic nitrogens is 1. The molecule has 0 radical (unpaired) electrons. The van der Waals surface area contributed by atoms with Crippen LogP contribution in [0.15, 0.2) is 0 Å². The van der Waals surface area contributed by atoms with E-state index in [-0.39, 0.29) is 11.7 Å². The van der Waals surface area contributed by atoms with E-state index in [1.807, 2.05) is 0 Å². The molecule has 0 aromatic carbocycles. The van der Waals surface area contributed by atoms with Gasteiger partial charge in [-0.05, 0) is 6.92 Å². The van der Waals surface area contributed by atoms with Gasteiger partial charge in [0.15, 0.2) is 5.13 Å². The van der Waals surface area contributed by atoms with Crippen LogP contribution >= 0.6 is 11.3 Å². The molecule has 0 fully saturated rings. The molecule has 0 saturated carbocycles. The third-order valence-corrected chi connectivity index (χ3v) is 3.15. The van der Waals surface area contributed by atoms with Gasteiger partial charge in [0.2, 0.25) is 5.91 Å². The number of anilines is 2. The number of hydrogen-bond acceptors (Lipinski definition) is 6. The lowest BCUT2D eigenvalue weighted by Gasteiger charge is -2.11. The number of likely N-dealkylation sites (N-methyl/N-ethyl adjacent to an activating group) is 1. The fourth-order valence-corrected chi connectivity index (χ4v) is 1.89. The second-order valence-corrected chi connectivity index (χ2v) is 4.29. The van der Waals surface area contributed by atoms with Gasteiger partial charge in [-0.25, -0.2) is 4.98 Å². The molecule has 1 aromatic heterocycles. The molecular formula is C9H15N5O2S. The minimum atomic E-state index is -0.618. The molecule has 0 aliphatic carbocycles. The highest BCUT2D eigenvalue weighted by Crippen LogP contribution is 2.24. The molecule has 1 aromatic rings. The molecule has 94 valence electrons. The van der Waals surface area contributed by atoms with Crippen molar-refractivity contribution in [1.82, 2.24) is 15.6 Å². The van der Waals surface area contributed by atoms with Crippen LogP contribution < -0.4 is 21.7 Å². The Kier molecular flexibility index (Phi) is 4.27. The minimum Gasteiger partial charge on any atom is -0.382 e. The monoisotopic (exact) mass is 257 g/mol. The van der Waals surface area contributed by atoms with Crippen molar-refractivity contribution >= 4 is 34.1 Å². The fraction of sp³-hybridized carbons (Fsp3) is 0.444. The van der Waals surface area contributed by atoms with Crippen molar-refractivity contribution in [3.63, 3.8) is 0 Å². The average Bonchev–Trinajstić information content (AvgIpc) is 2.69. The van der Waals surface area contributed by atoms with Gasteiger partial charge in [0.05, 0.1) is 0 Å². The fourth-order valence-electron chi connectivity index (χ4n) is 1.15. The molecule has 0 aliphatic rings. The predicted octanol–water partition coefficient (Wildman–Crippen LogP) is -0.369. The van der Waals surface area contributed by atoms with Gasteiger partial charge in [0.1, 0.15) is 16.7 Å². The van der Waals surface area contributed by atoms with Crippen LogP contribution in [0.4, 0.5) is 10.9 Å². The molecule has 8 heteroatoms. The van der Waals surface area contributed by atoms with Crippen molar-refractivity contribution < 1.29 is 9.59 Å². The number of hydrogen-bond donors (Lipinski definition) is 4. The number of carbonyl (C=O) groups is 2. The summed E-state index contributed by atoms with van der Waals surface area (Å²) in [5, 5.41) is 8.33. The number of nitrogens with zero attached hydrogens (tertiary/aromatic N) is 1. The van der Waals surface area contributed by atoms with E-state index in [1.165, 1.54) is 7.05 Å². The molecule has 7 nitrogen and oxygen atoms in total. The van der Waals surface area contributed by atoms with E-state index in [0.29, 0.717) is 10.0 Å². The Morgan fingerprint density at radius 3 is 2.53 bits per heavy atom. The summed E-state index contributed by atoms with van der Waals surface area (Å²) in [5.74, 6) is -0.520. The highest BCUT2D eigenvalue weighted by Gasteiger charge is 2.20. The van der Waals surface area contributed by atoms with Crippen molar-refractivity contribution in [2.75, 3.05) is 25.1 Å². The van der Waals surface area contributed by atoms with Crippen LogP contribution in [0, 0.1) is 0 Å². The smallest absolute Gasteiger partial charge is 0.265 e. The second-order valence-electron chi connectivity index (χ2n) is 3.29. The maximum atomic E-state index is 11.8. The van der Waals surface area contributed by atoms with E-state index in [1.54, 1.807) is 14.0 Å². The van der Waals surface area contributed by atoms with Crippen molar-refractivity contribution in [3.05, 3.63) is 4.88 Å². The molecule has 17 heavy (non-hydrogen) atoms. The molecule has 0 spiro atoms. The highest BCUT2D eigenvalue weighted by atomic mass is 32.1. The van der Waals surface area contributed by atoms with Gasteiger partial charge in [-0.1, -0.05) is 11.3 Å². The first-order valence-electron chi connectivity index (χ1n) is 4.96. The van der Waals surface area contributed by atoms with E-state index in [2.05, 4.69) is 20.9 Å². The van der Waals surface area contributed by atoms with Crippen LogP contribution in [0.3, 0.4) is 0 Å². The van der Waals surface area contributed by atoms with Crippen LogP contribution in [0.2, 0.25) is 0 Å². The molecule has 0 saturated heterocycles. The summed E-state index contributed by atoms with van der Waals surface area (Å²) in [6.45, 7) is 1.59. The summed E-state index contributed by atoms with van der Waals surface area (Å²) >= 11 is 1.14. The second kappa shape index (κ2) is 5.48. The zero-order valence-electron chi connectivity index (χ0n) is 9.83. The van der Waals surface area contributed by atoms with E-state index in [0.717, 1.165) is 11.3 Å². The van der Waals surface area contributed by atoms with Gasteiger partial charge < -0.3 is 21.7 Å². The summed E-state index contributed by atoms with van der Waals surface area (Å²) in [6, 6.07) is -0.618. The summed E-state index contributed by atoms with van der Waals surface area (Å²) in [6.07, 6.45) is 0. The number of nitrogen functional groups attached to an aromatic ring is 1. The number of rotatable bonds is 4. The minimum absolute atomic E-state index is 0.154. The normalized spacial score (nSPS) is 11.7. The van der Waals surface area contributed by atoms with E-state index < -0.39 is 11.9 Å². The van der Waals surface area contributed by atoms with Gasteiger partial charge >= 0.3 is 0 Å². The van der Waals surface area contributed by atoms with Crippen molar-refractivity contribution in [1.29, 1.82) is 0 Å². The van der Waals surface area contributed by atoms with Crippen LogP contribution in [0.1, 0.15) is 16.6 Å². The number of thiazole rings is 1. The Morgan fingerprint density at radius 2 is 2.06 bits per heavy atom. The standard InChI is InChI=1S/C9H15N5O2S/c1-4(7(15)11-2)13-8(16)5-6(10)14-9(12-3)17-5/h4H,10H2,1-3H3,(H,11,15)(H,12,14)(H,13,16). The summed E-state index contributed by atoms with van der Waals surface area (Å²) < 4.78 is 0. The molecule has 0 bridgehead atoms. The quantitative estimate of drug-likeness (QED) is 0.588. The molecule has 5 N–H and O–H groups in total. The van der Waals surface area contributed by atoms with Gasteiger partial charge in [-0.3, -0.25) is 9.59 Å². The Balaban J connectivity index is 2.76.